The molecule has 0 aliphatic heterocycles. The highest BCUT2D eigenvalue weighted by Crippen LogP contribution is 2.41. The molecule has 57 heavy (non-hydrogen) atoms. The summed E-state index contributed by atoms with van der Waals surface area (Å²) in [6, 6.07) is 11.6. The van der Waals surface area contributed by atoms with Gasteiger partial charge in [0.05, 0.1) is 30.3 Å². The van der Waals surface area contributed by atoms with Gasteiger partial charge >= 0.3 is 11.9 Å². The molecule has 0 fully saturated rings. The Bertz CT molecular complexity index is 1890. The minimum atomic E-state index is -1.31. The summed E-state index contributed by atoms with van der Waals surface area (Å²) in [5.74, 6) is -6.27. The van der Waals surface area contributed by atoms with Gasteiger partial charge in [0.25, 0.3) is 0 Å². The quantitative estimate of drug-likeness (QED) is 0.0771. The number of aromatic nitrogens is 1. The summed E-state index contributed by atoms with van der Waals surface area (Å²) in [7, 11) is 0. The van der Waals surface area contributed by atoms with Gasteiger partial charge in [0, 0.05) is 61.9 Å². The van der Waals surface area contributed by atoms with Crippen molar-refractivity contribution in [3.8, 4) is 11.1 Å². The van der Waals surface area contributed by atoms with Gasteiger partial charge in [-0.3, -0.25) is 28.8 Å². The van der Waals surface area contributed by atoms with Crippen molar-refractivity contribution in [2.45, 2.75) is 70.5 Å². The van der Waals surface area contributed by atoms with E-state index in [-0.39, 0.29) is 43.3 Å². The van der Waals surface area contributed by atoms with E-state index in [0.717, 1.165) is 35.5 Å². The van der Waals surface area contributed by atoms with Crippen molar-refractivity contribution >= 4 is 47.3 Å². The molecule has 1 unspecified atom stereocenters. The fourth-order valence-corrected chi connectivity index (χ4v) is 7.11. The van der Waals surface area contributed by atoms with E-state index in [0.29, 0.717) is 17.8 Å². The summed E-state index contributed by atoms with van der Waals surface area (Å²) < 4.78 is 31.2. The number of thioether (sulfide) groups is 1. The SMILES string of the molecule is CC(=O)N(CC[C@H](N)C(=O)NCCNC(=O)CNC(=O)C(CC(=O)O)SC[C@H](N)C(=O)O)[C@@H](c1cc(-c2cc(F)ccc2F)cn1Cc1ccccc1)C(C)(C)C. The molecular formula is C39H51F2N7O8S. The normalized spacial score (nSPS) is 13.5. The molecule has 0 aliphatic rings. The number of carboxylic acid groups (broad SMARTS) is 2. The molecule has 18 heteroatoms. The van der Waals surface area contributed by atoms with E-state index >= 15 is 4.39 Å². The molecule has 4 amide bonds. The molecule has 0 saturated heterocycles. The number of hydrogen-bond donors (Lipinski definition) is 7. The lowest BCUT2D eigenvalue weighted by molar-refractivity contribution is -0.138. The average Bonchev–Trinajstić information content (AvgIpc) is 3.54. The van der Waals surface area contributed by atoms with E-state index in [1.165, 1.54) is 6.92 Å². The second kappa shape index (κ2) is 21.3. The zero-order valence-electron chi connectivity index (χ0n) is 32.3. The lowest BCUT2D eigenvalue weighted by atomic mass is 9.82. The monoisotopic (exact) mass is 815 g/mol. The number of aliphatic carboxylic acids is 2. The fourth-order valence-electron chi connectivity index (χ4n) is 6.03. The summed E-state index contributed by atoms with van der Waals surface area (Å²) >= 11 is 0.747. The van der Waals surface area contributed by atoms with Crippen LogP contribution in [0.1, 0.15) is 57.8 Å². The Balaban J connectivity index is 1.64. The highest BCUT2D eigenvalue weighted by Gasteiger charge is 2.36. The van der Waals surface area contributed by atoms with Crippen molar-refractivity contribution in [2.24, 2.45) is 16.9 Å². The molecule has 0 aliphatic carbocycles. The zero-order valence-corrected chi connectivity index (χ0v) is 33.1. The lowest BCUT2D eigenvalue weighted by Gasteiger charge is -2.41. The summed E-state index contributed by atoms with van der Waals surface area (Å²) in [5.41, 5.74) is 13.2. The third-order valence-corrected chi connectivity index (χ3v) is 10.2. The smallest absolute Gasteiger partial charge is 0.321 e. The van der Waals surface area contributed by atoms with Gasteiger partial charge in [0.15, 0.2) is 0 Å². The Hall–Kier alpha value is -5.33. The number of nitrogens with zero attached hydrogens (tertiary/aromatic N) is 2. The van der Waals surface area contributed by atoms with Gasteiger partial charge in [-0.05, 0) is 41.7 Å². The van der Waals surface area contributed by atoms with Crippen molar-refractivity contribution < 1.29 is 47.8 Å². The van der Waals surface area contributed by atoms with Gasteiger partial charge in [-0.25, -0.2) is 8.78 Å². The van der Waals surface area contributed by atoms with Crippen LogP contribution in [0.25, 0.3) is 11.1 Å². The molecule has 3 rings (SSSR count). The molecule has 3 aromatic rings. The maximum Gasteiger partial charge on any atom is 0.321 e. The second-order valence-electron chi connectivity index (χ2n) is 14.5. The number of rotatable bonds is 21. The molecular weight excluding hydrogens is 765 g/mol. The predicted octanol–water partition coefficient (Wildman–Crippen LogP) is 2.47. The first-order valence-corrected chi connectivity index (χ1v) is 19.2. The van der Waals surface area contributed by atoms with Crippen LogP contribution in [0.3, 0.4) is 0 Å². The summed E-state index contributed by atoms with van der Waals surface area (Å²) in [6.45, 7) is 7.16. The molecule has 310 valence electrons. The van der Waals surface area contributed by atoms with Crippen LogP contribution in [0.5, 0.6) is 0 Å². The number of halogens is 2. The highest BCUT2D eigenvalue weighted by molar-refractivity contribution is 8.00. The summed E-state index contributed by atoms with van der Waals surface area (Å²) in [4.78, 5) is 74.8. The number of nitrogens with one attached hydrogen (secondary N) is 3. The topological polar surface area (TPSA) is 239 Å². The van der Waals surface area contributed by atoms with Crippen molar-refractivity contribution in [3.05, 3.63) is 83.7 Å². The first kappa shape index (κ1) is 46.1. The first-order chi connectivity index (χ1) is 26.8. The molecule has 0 bridgehead atoms. The molecule has 4 atom stereocenters. The van der Waals surface area contributed by atoms with Crippen LogP contribution in [0.2, 0.25) is 0 Å². The fraction of sp³-hybridized carbons (Fsp3) is 0.436. The van der Waals surface area contributed by atoms with E-state index in [9.17, 15) is 33.2 Å². The third-order valence-electron chi connectivity index (χ3n) is 8.82. The van der Waals surface area contributed by atoms with Crippen LogP contribution in [0.4, 0.5) is 8.78 Å². The summed E-state index contributed by atoms with van der Waals surface area (Å²) in [6.07, 6.45) is 1.19. The van der Waals surface area contributed by atoms with Crippen LogP contribution in [-0.4, -0.2) is 105 Å². The molecule has 0 radical (unpaired) electrons. The molecule has 15 nitrogen and oxygen atoms in total. The Kier molecular flexibility index (Phi) is 17.2. The maximum atomic E-state index is 15.0. The Morgan fingerprint density at radius 3 is 2.18 bits per heavy atom. The van der Waals surface area contributed by atoms with E-state index in [1.54, 1.807) is 17.2 Å². The van der Waals surface area contributed by atoms with E-state index in [4.69, 9.17) is 21.7 Å². The van der Waals surface area contributed by atoms with Gasteiger partial charge in [0.1, 0.15) is 17.7 Å². The van der Waals surface area contributed by atoms with Crippen LogP contribution in [0.15, 0.2) is 60.8 Å². The first-order valence-electron chi connectivity index (χ1n) is 18.1. The van der Waals surface area contributed by atoms with Crippen molar-refractivity contribution in [2.75, 3.05) is 31.9 Å². The molecule has 0 saturated carbocycles. The number of carbonyl (C=O) groups excluding carboxylic acids is 4. The van der Waals surface area contributed by atoms with E-state index in [2.05, 4.69) is 16.0 Å². The minimum absolute atomic E-state index is 0.0236. The maximum absolute atomic E-state index is 15.0. The molecule has 9 N–H and O–H groups in total. The Labute approximate surface area is 333 Å². The number of hydrogen-bond acceptors (Lipinski definition) is 9. The molecule has 1 aromatic heterocycles. The zero-order chi connectivity index (χ0) is 42.4. The number of carboxylic acids is 2. The minimum Gasteiger partial charge on any atom is -0.481 e. The van der Waals surface area contributed by atoms with Crippen LogP contribution < -0.4 is 27.4 Å². The number of carbonyl (C=O) groups is 6. The summed E-state index contributed by atoms with van der Waals surface area (Å²) in [5, 5.41) is 24.3. The molecule has 1 heterocycles. The standard InChI is InChI=1S/C39H51F2N7O8S/c1-23(49)48(15-12-29(42)36(53)45-14-13-44-33(50)19-46-37(54)32(18-34(51)52)57-22-30(43)38(55)56)35(39(2,3)4)31-16-25(27-17-26(40)10-11-28(27)41)21-47(31)20-24-8-6-5-7-9-24/h5-11,16-17,21,29-30,32,35H,12-15,18-20,22,42-43H2,1-4H3,(H,44,50)(H,45,53)(H,46,54)(H,51,52)(H,55,56)/t29-,30-,32?,35-/m0/s1. The Morgan fingerprint density at radius 2 is 1.56 bits per heavy atom. The number of benzene rings is 2. The number of amides is 4. The second-order valence-corrected chi connectivity index (χ2v) is 15.7. The van der Waals surface area contributed by atoms with Gasteiger partial charge in [0.2, 0.25) is 23.6 Å². The Morgan fingerprint density at radius 1 is 0.895 bits per heavy atom. The van der Waals surface area contributed by atoms with Gasteiger partial charge < -0.3 is 47.1 Å². The van der Waals surface area contributed by atoms with Crippen molar-refractivity contribution in [3.63, 3.8) is 0 Å². The third kappa shape index (κ3) is 14.3. The van der Waals surface area contributed by atoms with E-state index in [1.807, 2.05) is 55.7 Å². The van der Waals surface area contributed by atoms with E-state index < -0.39 is 83.1 Å². The predicted molar refractivity (Wildman–Crippen MR) is 211 cm³/mol. The van der Waals surface area contributed by atoms with Crippen LogP contribution in [0, 0.1) is 17.0 Å². The van der Waals surface area contributed by atoms with Crippen molar-refractivity contribution in [1.29, 1.82) is 0 Å². The van der Waals surface area contributed by atoms with Gasteiger partial charge in [-0.1, -0.05) is 51.1 Å². The largest absolute Gasteiger partial charge is 0.481 e. The highest BCUT2D eigenvalue weighted by atomic mass is 32.2. The van der Waals surface area contributed by atoms with Crippen molar-refractivity contribution in [1.82, 2.24) is 25.4 Å². The average molecular weight is 816 g/mol. The van der Waals surface area contributed by atoms with Crippen LogP contribution >= 0.6 is 11.8 Å². The van der Waals surface area contributed by atoms with Crippen LogP contribution in [-0.2, 0) is 35.3 Å². The lowest BCUT2D eigenvalue weighted by Crippen LogP contribution is -2.48. The van der Waals surface area contributed by atoms with Gasteiger partial charge in [-0.2, -0.15) is 0 Å². The van der Waals surface area contributed by atoms with Gasteiger partial charge in [-0.15, -0.1) is 11.8 Å². The molecule has 2 aromatic carbocycles. The molecule has 0 spiro atoms. The number of nitrogens with two attached hydrogens (primary N) is 2.